The third kappa shape index (κ3) is 4.01. The van der Waals surface area contributed by atoms with Crippen molar-refractivity contribution < 1.29 is 18.7 Å². The van der Waals surface area contributed by atoms with Gasteiger partial charge < -0.3 is 14.8 Å². The molecule has 122 valence electrons. The molecule has 2 aromatic rings. The van der Waals surface area contributed by atoms with E-state index < -0.39 is 0 Å². The van der Waals surface area contributed by atoms with Crippen molar-refractivity contribution in [3.8, 4) is 11.5 Å². The number of amides is 1. The zero-order valence-corrected chi connectivity index (χ0v) is 14.6. The molecule has 1 N–H and O–H groups in total. The second-order valence-corrected chi connectivity index (χ2v) is 5.74. The van der Waals surface area contributed by atoms with Gasteiger partial charge in [0.1, 0.15) is 21.8 Å². The van der Waals surface area contributed by atoms with E-state index in [-0.39, 0.29) is 17.8 Å². The van der Waals surface area contributed by atoms with Crippen LogP contribution < -0.4 is 14.8 Å². The minimum absolute atomic E-state index is 0.300. The van der Waals surface area contributed by atoms with Gasteiger partial charge in [-0.25, -0.2) is 4.39 Å². The first kappa shape index (κ1) is 17.3. The zero-order valence-electron chi connectivity index (χ0n) is 13.0. The van der Waals surface area contributed by atoms with Crippen LogP contribution in [0.3, 0.4) is 0 Å². The lowest BCUT2D eigenvalue weighted by atomic mass is 10.1. The fourth-order valence-electron chi connectivity index (χ4n) is 2.14. The predicted octanol–water partition coefficient (Wildman–Crippen LogP) is 4.10. The summed E-state index contributed by atoms with van der Waals surface area (Å²) in [6.07, 6.45) is 0. The number of hydrogen-bond acceptors (Lipinski definition) is 3. The number of benzene rings is 2. The van der Waals surface area contributed by atoms with Crippen molar-refractivity contribution in [2.75, 3.05) is 14.2 Å². The molecule has 0 saturated carbocycles. The van der Waals surface area contributed by atoms with Crippen LogP contribution in [0.1, 0.15) is 28.9 Å². The molecule has 1 atom stereocenters. The van der Waals surface area contributed by atoms with Crippen LogP contribution in [0, 0.1) is 5.82 Å². The Balaban J connectivity index is 2.23. The van der Waals surface area contributed by atoms with E-state index in [9.17, 15) is 9.18 Å². The third-order valence-electron chi connectivity index (χ3n) is 3.40. The molecule has 23 heavy (non-hydrogen) atoms. The van der Waals surface area contributed by atoms with Gasteiger partial charge in [-0.1, -0.05) is 12.1 Å². The summed E-state index contributed by atoms with van der Waals surface area (Å²) in [5, 5.41) is 2.83. The van der Waals surface area contributed by atoms with E-state index in [1.165, 1.54) is 26.4 Å². The lowest BCUT2D eigenvalue weighted by Crippen LogP contribution is -2.26. The Morgan fingerprint density at radius 3 is 2.30 bits per heavy atom. The molecule has 4 nitrogen and oxygen atoms in total. The van der Waals surface area contributed by atoms with E-state index >= 15 is 0 Å². The average Bonchev–Trinajstić information content (AvgIpc) is 2.54. The second kappa shape index (κ2) is 7.46. The standard InChI is InChI=1S/C17H17BrFNO3/c1-10(11-5-4-6-13(19)7-11)20-17(21)12-8-14(22-2)16(18)15(9-12)23-3/h4-10H,1-3H3,(H,20,21). The Morgan fingerprint density at radius 1 is 1.17 bits per heavy atom. The number of carbonyl (C=O) groups is 1. The van der Waals surface area contributed by atoms with Gasteiger partial charge in [-0.05, 0) is 52.7 Å². The van der Waals surface area contributed by atoms with E-state index in [1.54, 1.807) is 31.2 Å². The molecule has 6 heteroatoms. The molecule has 2 aromatic carbocycles. The number of nitrogens with one attached hydrogen (secondary N) is 1. The lowest BCUT2D eigenvalue weighted by Gasteiger charge is -2.16. The first-order valence-electron chi connectivity index (χ1n) is 6.94. The van der Waals surface area contributed by atoms with E-state index in [0.717, 1.165) is 0 Å². The molecule has 0 aliphatic rings. The Morgan fingerprint density at radius 2 is 1.78 bits per heavy atom. The Labute approximate surface area is 142 Å². The van der Waals surface area contributed by atoms with Gasteiger partial charge in [0.05, 0.1) is 20.3 Å². The van der Waals surface area contributed by atoms with Gasteiger partial charge in [-0.3, -0.25) is 4.79 Å². The van der Waals surface area contributed by atoms with E-state index in [0.29, 0.717) is 27.1 Å². The van der Waals surface area contributed by atoms with Gasteiger partial charge in [0.15, 0.2) is 0 Å². The number of methoxy groups -OCH3 is 2. The molecule has 1 unspecified atom stereocenters. The van der Waals surface area contributed by atoms with Gasteiger partial charge in [-0.2, -0.15) is 0 Å². The summed E-state index contributed by atoms with van der Waals surface area (Å²) >= 11 is 3.36. The predicted molar refractivity (Wildman–Crippen MR) is 89.5 cm³/mol. The number of halogens is 2. The molecule has 0 fully saturated rings. The monoisotopic (exact) mass is 381 g/mol. The van der Waals surface area contributed by atoms with Crippen LogP contribution in [0.2, 0.25) is 0 Å². The van der Waals surface area contributed by atoms with Crippen LogP contribution in [-0.4, -0.2) is 20.1 Å². The van der Waals surface area contributed by atoms with Crippen molar-refractivity contribution in [3.63, 3.8) is 0 Å². The highest BCUT2D eigenvalue weighted by Crippen LogP contribution is 2.35. The topological polar surface area (TPSA) is 47.6 Å². The third-order valence-corrected chi connectivity index (χ3v) is 4.19. The second-order valence-electron chi connectivity index (χ2n) is 4.94. The van der Waals surface area contributed by atoms with Crippen LogP contribution in [0.5, 0.6) is 11.5 Å². The highest BCUT2D eigenvalue weighted by molar-refractivity contribution is 9.10. The largest absolute Gasteiger partial charge is 0.495 e. The van der Waals surface area contributed by atoms with Crippen LogP contribution in [0.25, 0.3) is 0 Å². The van der Waals surface area contributed by atoms with Crippen LogP contribution in [0.15, 0.2) is 40.9 Å². The first-order chi connectivity index (χ1) is 11.0. The molecule has 0 radical (unpaired) electrons. The molecular formula is C17H17BrFNO3. The van der Waals surface area contributed by atoms with Crippen molar-refractivity contribution in [2.45, 2.75) is 13.0 Å². The van der Waals surface area contributed by atoms with Crippen molar-refractivity contribution >= 4 is 21.8 Å². The lowest BCUT2D eigenvalue weighted by molar-refractivity contribution is 0.0939. The van der Waals surface area contributed by atoms with Crippen molar-refractivity contribution in [1.82, 2.24) is 5.32 Å². The summed E-state index contributed by atoms with van der Waals surface area (Å²) in [7, 11) is 3.02. The molecule has 2 rings (SSSR count). The molecule has 0 aliphatic carbocycles. The number of carbonyl (C=O) groups excluding carboxylic acids is 1. The number of rotatable bonds is 5. The van der Waals surface area contributed by atoms with Crippen molar-refractivity contribution in [3.05, 3.63) is 57.8 Å². The van der Waals surface area contributed by atoms with Gasteiger partial charge in [0.25, 0.3) is 5.91 Å². The van der Waals surface area contributed by atoms with Gasteiger partial charge in [0, 0.05) is 5.56 Å². The van der Waals surface area contributed by atoms with Gasteiger partial charge in [0.2, 0.25) is 0 Å². The summed E-state index contributed by atoms with van der Waals surface area (Å²) in [6.45, 7) is 1.79. The Kier molecular flexibility index (Phi) is 5.60. The molecule has 0 spiro atoms. The van der Waals surface area contributed by atoms with E-state index in [4.69, 9.17) is 9.47 Å². The molecular weight excluding hydrogens is 365 g/mol. The molecule has 0 aliphatic heterocycles. The highest BCUT2D eigenvalue weighted by atomic mass is 79.9. The smallest absolute Gasteiger partial charge is 0.252 e. The van der Waals surface area contributed by atoms with Gasteiger partial charge >= 0.3 is 0 Å². The molecule has 0 heterocycles. The fraction of sp³-hybridized carbons (Fsp3) is 0.235. The van der Waals surface area contributed by atoms with Crippen LogP contribution >= 0.6 is 15.9 Å². The molecule has 0 saturated heterocycles. The number of hydrogen-bond donors (Lipinski definition) is 1. The van der Waals surface area contributed by atoms with Crippen LogP contribution in [-0.2, 0) is 0 Å². The van der Waals surface area contributed by atoms with Gasteiger partial charge in [-0.15, -0.1) is 0 Å². The highest BCUT2D eigenvalue weighted by Gasteiger charge is 2.17. The normalized spacial score (nSPS) is 11.7. The molecule has 0 bridgehead atoms. The van der Waals surface area contributed by atoms with Crippen LogP contribution in [0.4, 0.5) is 4.39 Å². The summed E-state index contributed by atoms with van der Waals surface area (Å²) in [5.41, 5.74) is 1.08. The first-order valence-corrected chi connectivity index (χ1v) is 7.73. The Hall–Kier alpha value is -2.08. The van der Waals surface area contributed by atoms with E-state index in [1.807, 2.05) is 0 Å². The SMILES string of the molecule is COc1cc(C(=O)NC(C)c2cccc(F)c2)cc(OC)c1Br. The maximum absolute atomic E-state index is 13.3. The average molecular weight is 382 g/mol. The summed E-state index contributed by atoms with van der Waals surface area (Å²) < 4.78 is 24.4. The number of ether oxygens (including phenoxy) is 2. The minimum atomic E-state index is -0.337. The Bertz CT molecular complexity index is 696. The maximum atomic E-state index is 13.3. The maximum Gasteiger partial charge on any atom is 0.252 e. The van der Waals surface area contributed by atoms with Crippen molar-refractivity contribution in [2.24, 2.45) is 0 Å². The summed E-state index contributed by atoms with van der Waals surface area (Å²) in [5.74, 6) is 0.349. The van der Waals surface area contributed by atoms with E-state index in [2.05, 4.69) is 21.2 Å². The minimum Gasteiger partial charge on any atom is -0.495 e. The quantitative estimate of drug-likeness (QED) is 0.847. The summed E-state index contributed by atoms with van der Waals surface area (Å²) in [4.78, 5) is 12.4. The molecule has 0 aromatic heterocycles. The van der Waals surface area contributed by atoms with Crippen molar-refractivity contribution in [1.29, 1.82) is 0 Å². The zero-order chi connectivity index (χ0) is 17.0. The molecule has 1 amide bonds. The summed E-state index contributed by atoms with van der Waals surface area (Å²) in [6, 6.07) is 9.02. The fourth-order valence-corrected chi connectivity index (χ4v) is 2.69.